The lowest BCUT2D eigenvalue weighted by atomic mass is 10.3. The number of aryl methyl sites for hydroxylation is 1. The smallest absolute Gasteiger partial charge is 0.264 e. The molecule has 0 bridgehead atoms. The highest BCUT2D eigenvalue weighted by molar-refractivity contribution is 7.92. The van der Waals surface area contributed by atoms with Crippen LogP contribution in [0.2, 0.25) is 0 Å². The van der Waals surface area contributed by atoms with Gasteiger partial charge < -0.3 is 5.32 Å². The van der Waals surface area contributed by atoms with Crippen LogP contribution in [0, 0.1) is 29.6 Å². The molecule has 120 valence electrons. The van der Waals surface area contributed by atoms with Gasteiger partial charge in [0.1, 0.15) is 17.7 Å². The number of hydrogen-bond acceptors (Lipinski definition) is 7. The van der Waals surface area contributed by atoms with E-state index in [1.54, 1.807) is 19.1 Å². The summed E-state index contributed by atoms with van der Waals surface area (Å²) in [5.41, 5.74) is 1.25. The molecular weight excluding hydrogens is 328 g/mol. The second-order valence-corrected chi connectivity index (χ2v) is 6.32. The predicted molar refractivity (Wildman–Crippen MR) is 87.0 cm³/mol. The molecule has 2 N–H and O–H groups in total. The Morgan fingerprint density at radius 3 is 2.25 bits per heavy atom. The van der Waals surface area contributed by atoms with Gasteiger partial charge in [0, 0.05) is 24.3 Å². The summed E-state index contributed by atoms with van der Waals surface area (Å²) in [6.07, 6.45) is 4.25. The summed E-state index contributed by atoms with van der Waals surface area (Å²) in [7, 11) is -3.81. The number of allylic oxidation sites excluding steroid dienone is 1. The Labute approximate surface area is 139 Å². The average Bonchev–Trinajstić information content (AvgIpc) is 2.58. The number of nitrogens with one attached hydrogen (secondary N) is 2. The Kier molecular flexibility index (Phi) is 5.09. The van der Waals surface area contributed by atoms with Gasteiger partial charge in [-0.2, -0.15) is 10.5 Å². The minimum absolute atomic E-state index is 0.0154. The normalized spacial score (nSPS) is 10.1. The number of anilines is 2. The van der Waals surface area contributed by atoms with Gasteiger partial charge in [0.15, 0.2) is 0 Å². The van der Waals surface area contributed by atoms with E-state index in [2.05, 4.69) is 20.0 Å². The van der Waals surface area contributed by atoms with Gasteiger partial charge in [-0.1, -0.05) is 0 Å². The van der Waals surface area contributed by atoms with E-state index in [1.165, 1.54) is 42.9 Å². The van der Waals surface area contributed by atoms with Crippen LogP contribution in [0.3, 0.4) is 0 Å². The van der Waals surface area contributed by atoms with Crippen LogP contribution in [-0.2, 0) is 10.0 Å². The molecule has 1 heterocycles. The van der Waals surface area contributed by atoms with Gasteiger partial charge in [-0.3, -0.25) is 0 Å². The minimum Gasteiger partial charge on any atom is -0.360 e. The molecule has 1 aromatic heterocycles. The zero-order chi connectivity index (χ0) is 17.6. The fourth-order valence-electron chi connectivity index (χ4n) is 1.60. The molecule has 0 unspecified atom stereocenters. The van der Waals surface area contributed by atoms with Crippen molar-refractivity contribution in [3.05, 3.63) is 54.0 Å². The number of aromatic nitrogens is 2. The Bertz CT molecular complexity index is 919. The number of nitrogens with zero attached hydrogens (tertiary/aromatic N) is 4. The fourth-order valence-corrected chi connectivity index (χ4v) is 2.56. The number of sulfonamides is 1. The lowest BCUT2D eigenvalue weighted by molar-refractivity contribution is 0.601. The van der Waals surface area contributed by atoms with Gasteiger partial charge in [-0.15, -0.1) is 0 Å². The highest BCUT2D eigenvalue weighted by atomic mass is 32.2. The van der Waals surface area contributed by atoms with Crippen LogP contribution in [0.25, 0.3) is 0 Å². The zero-order valence-corrected chi connectivity index (χ0v) is 13.4. The summed E-state index contributed by atoms with van der Waals surface area (Å²) < 4.78 is 26.8. The molecule has 0 saturated heterocycles. The van der Waals surface area contributed by atoms with Crippen LogP contribution in [0.5, 0.6) is 0 Å². The molecule has 0 aliphatic heterocycles. The van der Waals surface area contributed by atoms with Crippen LogP contribution in [0.4, 0.5) is 11.6 Å². The molecule has 9 heteroatoms. The molecule has 2 aromatic rings. The summed E-state index contributed by atoms with van der Waals surface area (Å²) in [5, 5.41) is 20.0. The van der Waals surface area contributed by atoms with Gasteiger partial charge in [0.05, 0.1) is 4.90 Å². The monoisotopic (exact) mass is 340 g/mol. The highest BCUT2D eigenvalue weighted by Crippen LogP contribution is 2.16. The molecule has 0 aliphatic rings. The van der Waals surface area contributed by atoms with E-state index < -0.39 is 10.0 Å². The van der Waals surface area contributed by atoms with E-state index >= 15 is 0 Å². The molecule has 0 radical (unpaired) electrons. The lowest BCUT2D eigenvalue weighted by Crippen LogP contribution is -2.15. The quantitative estimate of drug-likeness (QED) is 0.795. The van der Waals surface area contributed by atoms with E-state index in [9.17, 15) is 8.42 Å². The van der Waals surface area contributed by atoms with Crippen LogP contribution in [-0.4, -0.2) is 18.4 Å². The summed E-state index contributed by atoms with van der Waals surface area (Å²) >= 11 is 0. The first-order valence-corrected chi connectivity index (χ1v) is 8.11. The molecule has 0 atom stereocenters. The first-order chi connectivity index (χ1) is 11.4. The second-order valence-electron chi connectivity index (χ2n) is 4.64. The standard InChI is InChI=1S/C15H12N6O2S/c1-11-8-19-15(20-9-11)21-24(22,23)14-4-2-13(3-5-14)18-10-12(6-16)7-17/h2-5,8-10,18H,1H3,(H,19,20,21). The molecule has 2 rings (SSSR count). The maximum Gasteiger partial charge on any atom is 0.264 e. The lowest BCUT2D eigenvalue weighted by Gasteiger charge is -2.07. The van der Waals surface area contributed by atoms with Crippen molar-refractivity contribution in [3.8, 4) is 12.1 Å². The van der Waals surface area contributed by atoms with Crippen molar-refractivity contribution in [1.82, 2.24) is 9.97 Å². The zero-order valence-electron chi connectivity index (χ0n) is 12.6. The van der Waals surface area contributed by atoms with Crippen LogP contribution in [0.15, 0.2) is 53.3 Å². The summed E-state index contributed by atoms with van der Waals surface area (Å²) in [5.74, 6) is -0.0154. The van der Waals surface area contributed by atoms with E-state index in [0.29, 0.717) is 5.69 Å². The third-order valence-electron chi connectivity index (χ3n) is 2.80. The number of hydrogen-bond donors (Lipinski definition) is 2. The molecule has 0 aliphatic carbocycles. The van der Waals surface area contributed by atoms with E-state index in [-0.39, 0.29) is 16.4 Å². The molecular formula is C15H12N6O2S. The van der Waals surface area contributed by atoms with Crippen molar-refractivity contribution in [2.75, 3.05) is 10.0 Å². The maximum absolute atomic E-state index is 12.2. The van der Waals surface area contributed by atoms with Gasteiger partial charge >= 0.3 is 0 Å². The number of nitriles is 2. The van der Waals surface area contributed by atoms with Crippen LogP contribution >= 0.6 is 0 Å². The Morgan fingerprint density at radius 2 is 1.71 bits per heavy atom. The van der Waals surface area contributed by atoms with Gasteiger partial charge in [0.25, 0.3) is 10.0 Å². The van der Waals surface area contributed by atoms with E-state index in [1.807, 2.05) is 0 Å². The van der Waals surface area contributed by atoms with Crippen molar-refractivity contribution in [2.24, 2.45) is 0 Å². The molecule has 24 heavy (non-hydrogen) atoms. The predicted octanol–water partition coefficient (Wildman–Crippen LogP) is 1.93. The summed E-state index contributed by atoms with van der Waals surface area (Å²) in [6.45, 7) is 1.79. The van der Waals surface area contributed by atoms with Crippen LogP contribution < -0.4 is 10.0 Å². The number of rotatable bonds is 5. The molecule has 8 nitrogen and oxygen atoms in total. The fraction of sp³-hybridized carbons (Fsp3) is 0.0667. The molecule has 0 amide bonds. The van der Waals surface area contributed by atoms with Crippen molar-refractivity contribution in [1.29, 1.82) is 10.5 Å². The number of benzene rings is 1. The van der Waals surface area contributed by atoms with Gasteiger partial charge in [-0.25, -0.2) is 23.1 Å². The van der Waals surface area contributed by atoms with Gasteiger partial charge in [-0.05, 0) is 36.8 Å². The SMILES string of the molecule is Cc1cnc(NS(=O)(=O)c2ccc(NC=C(C#N)C#N)cc2)nc1. The topological polar surface area (TPSA) is 132 Å². The second kappa shape index (κ2) is 7.22. The van der Waals surface area contributed by atoms with Crippen molar-refractivity contribution in [3.63, 3.8) is 0 Å². The van der Waals surface area contributed by atoms with Crippen LogP contribution in [0.1, 0.15) is 5.56 Å². The largest absolute Gasteiger partial charge is 0.360 e. The molecule has 0 fully saturated rings. The Morgan fingerprint density at radius 1 is 1.12 bits per heavy atom. The van der Waals surface area contributed by atoms with Gasteiger partial charge in [0.2, 0.25) is 5.95 Å². The third-order valence-corrected chi connectivity index (χ3v) is 4.14. The Balaban J connectivity index is 2.14. The maximum atomic E-state index is 12.2. The first kappa shape index (κ1) is 16.9. The van der Waals surface area contributed by atoms with Crippen molar-refractivity contribution < 1.29 is 8.42 Å². The minimum atomic E-state index is -3.81. The molecule has 1 aromatic carbocycles. The third kappa shape index (κ3) is 4.29. The average molecular weight is 340 g/mol. The summed E-state index contributed by atoms with van der Waals surface area (Å²) in [4.78, 5) is 7.81. The highest BCUT2D eigenvalue weighted by Gasteiger charge is 2.15. The van der Waals surface area contributed by atoms with Crippen molar-refractivity contribution >= 4 is 21.7 Å². The first-order valence-electron chi connectivity index (χ1n) is 6.63. The summed E-state index contributed by atoms with van der Waals surface area (Å²) in [6, 6.07) is 9.19. The van der Waals surface area contributed by atoms with E-state index in [0.717, 1.165) is 5.56 Å². The molecule has 0 spiro atoms. The molecule has 0 saturated carbocycles. The van der Waals surface area contributed by atoms with Crippen molar-refractivity contribution in [2.45, 2.75) is 11.8 Å². The van der Waals surface area contributed by atoms with E-state index in [4.69, 9.17) is 10.5 Å². The Hall–Kier alpha value is -3.43.